The Bertz CT molecular complexity index is 728. The summed E-state index contributed by atoms with van der Waals surface area (Å²) in [6.07, 6.45) is 5.30. The van der Waals surface area contributed by atoms with Crippen molar-refractivity contribution < 1.29 is 9.53 Å². The number of hydrogen-bond donors (Lipinski definition) is 0. The molecule has 0 bridgehead atoms. The van der Waals surface area contributed by atoms with Gasteiger partial charge in [-0.15, -0.1) is 0 Å². The zero-order valence-electron chi connectivity index (χ0n) is 14.8. The van der Waals surface area contributed by atoms with Gasteiger partial charge in [0.15, 0.2) is 0 Å². The van der Waals surface area contributed by atoms with E-state index < -0.39 is 0 Å². The van der Waals surface area contributed by atoms with Gasteiger partial charge < -0.3 is 14.5 Å². The van der Waals surface area contributed by atoms with Crippen LogP contribution in [0.5, 0.6) is 5.75 Å². The van der Waals surface area contributed by atoms with Gasteiger partial charge in [-0.2, -0.15) is 0 Å². The van der Waals surface area contributed by atoms with E-state index in [-0.39, 0.29) is 11.8 Å². The highest BCUT2D eigenvalue weighted by atomic mass is 35.5. The van der Waals surface area contributed by atoms with Crippen molar-refractivity contribution in [3.63, 3.8) is 0 Å². The van der Waals surface area contributed by atoms with Crippen LogP contribution in [0.2, 0.25) is 5.02 Å². The fourth-order valence-electron chi connectivity index (χ4n) is 3.09. The van der Waals surface area contributed by atoms with Crippen molar-refractivity contribution in [2.75, 3.05) is 38.2 Å². The Morgan fingerprint density at radius 3 is 2.85 bits per heavy atom. The second kappa shape index (κ2) is 8.85. The van der Waals surface area contributed by atoms with Crippen LogP contribution in [0.1, 0.15) is 12.8 Å². The first-order chi connectivity index (χ1) is 12.6. The molecule has 7 heteroatoms. The Morgan fingerprint density at radius 2 is 2.08 bits per heavy atom. The number of benzene rings is 1. The molecule has 1 aromatic heterocycles. The first kappa shape index (κ1) is 18.5. The van der Waals surface area contributed by atoms with E-state index in [0.29, 0.717) is 36.4 Å². The minimum atomic E-state index is -0.0436. The van der Waals surface area contributed by atoms with Crippen molar-refractivity contribution in [3.8, 4) is 5.75 Å². The molecule has 1 aliphatic rings. The molecule has 1 aromatic carbocycles. The molecule has 138 valence electrons. The lowest BCUT2D eigenvalue weighted by molar-refractivity contribution is -0.134. The molecule has 0 unspecified atom stereocenters. The number of para-hydroxylation sites is 1. The number of rotatable bonds is 6. The van der Waals surface area contributed by atoms with E-state index in [1.807, 2.05) is 25.2 Å². The van der Waals surface area contributed by atoms with Gasteiger partial charge in [-0.05, 0) is 31.0 Å². The van der Waals surface area contributed by atoms with Crippen molar-refractivity contribution in [1.29, 1.82) is 0 Å². The fourth-order valence-corrected chi connectivity index (χ4v) is 3.28. The topological polar surface area (TPSA) is 58.6 Å². The van der Waals surface area contributed by atoms with Gasteiger partial charge >= 0.3 is 0 Å². The first-order valence-corrected chi connectivity index (χ1v) is 9.17. The molecular weight excluding hydrogens is 352 g/mol. The molecule has 3 rings (SSSR count). The number of carbonyl (C=O) groups excluding carboxylic acids is 1. The third kappa shape index (κ3) is 4.64. The molecule has 0 aliphatic carbocycles. The van der Waals surface area contributed by atoms with Gasteiger partial charge in [0.2, 0.25) is 11.9 Å². The van der Waals surface area contributed by atoms with Crippen molar-refractivity contribution in [2.24, 2.45) is 5.92 Å². The van der Waals surface area contributed by atoms with Crippen LogP contribution < -0.4 is 9.64 Å². The minimum absolute atomic E-state index is 0.0436. The Balaban J connectivity index is 1.50. The van der Waals surface area contributed by atoms with E-state index in [2.05, 4.69) is 14.9 Å². The summed E-state index contributed by atoms with van der Waals surface area (Å²) in [7, 11) is 1.82. The number of piperidine rings is 1. The number of ether oxygens (including phenoxy) is 1. The zero-order valence-corrected chi connectivity index (χ0v) is 15.6. The molecule has 0 spiro atoms. The third-order valence-corrected chi connectivity index (χ3v) is 4.82. The number of likely N-dealkylation sites (N-methyl/N-ethyl adjacent to an activating group) is 1. The van der Waals surface area contributed by atoms with Crippen LogP contribution in [0.15, 0.2) is 42.7 Å². The van der Waals surface area contributed by atoms with E-state index in [0.717, 1.165) is 19.4 Å². The van der Waals surface area contributed by atoms with Gasteiger partial charge in [0.05, 0.1) is 17.5 Å². The summed E-state index contributed by atoms with van der Waals surface area (Å²) in [6.45, 7) is 2.46. The van der Waals surface area contributed by atoms with Crippen LogP contribution in [-0.2, 0) is 4.79 Å². The predicted molar refractivity (Wildman–Crippen MR) is 102 cm³/mol. The summed E-state index contributed by atoms with van der Waals surface area (Å²) in [5.74, 6) is 1.42. The lowest BCUT2D eigenvalue weighted by atomic mass is 9.97. The average Bonchev–Trinajstić information content (AvgIpc) is 2.69. The predicted octanol–water partition coefficient (Wildman–Crippen LogP) is 2.88. The summed E-state index contributed by atoms with van der Waals surface area (Å²) in [5.41, 5.74) is 0. The molecule has 1 fully saturated rings. The highest BCUT2D eigenvalue weighted by Gasteiger charge is 2.28. The van der Waals surface area contributed by atoms with Gasteiger partial charge in [0.25, 0.3) is 0 Å². The van der Waals surface area contributed by atoms with Crippen molar-refractivity contribution >= 4 is 23.5 Å². The summed E-state index contributed by atoms with van der Waals surface area (Å²) in [6, 6.07) is 9.13. The van der Waals surface area contributed by atoms with Crippen molar-refractivity contribution in [2.45, 2.75) is 12.8 Å². The Morgan fingerprint density at radius 1 is 1.31 bits per heavy atom. The largest absolute Gasteiger partial charge is 0.490 e. The molecule has 2 heterocycles. The van der Waals surface area contributed by atoms with Crippen LogP contribution in [0.25, 0.3) is 0 Å². The van der Waals surface area contributed by atoms with Crippen LogP contribution in [0, 0.1) is 5.92 Å². The smallest absolute Gasteiger partial charge is 0.227 e. The number of anilines is 1. The van der Waals surface area contributed by atoms with E-state index >= 15 is 0 Å². The number of amides is 1. The second-order valence-electron chi connectivity index (χ2n) is 6.37. The van der Waals surface area contributed by atoms with Gasteiger partial charge in [0.1, 0.15) is 12.4 Å². The van der Waals surface area contributed by atoms with Gasteiger partial charge in [0, 0.05) is 32.5 Å². The molecular formula is C19H23ClN4O2. The number of carbonyl (C=O) groups is 1. The molecule has 1 saturated heterocycles. The normalized spacial score (nSPS) is 17.0. The molecule has 26 heavy (non-hydrogen) atoms. The molecule has 0 N–H and O–H groups in total. The monoisotopic (exact) mass is 374 g/mol. The Kier molecular flexibility index (Phi) is 6.28. The van der Waals surface area contributed by atoms with Crippen molar-refractivity contribution in [3.05, 3.63) is 47.7 Å². The number of nitrogens with zero attached hydrogens (tertiary/aromatic N) is 4. The van der Waals surface area contributed by atoms with Gasteiger partial charge in [-0.25, -0.2) is 9.97 Å². The average molecular weight is 375 g/mol. The molecule has 2 aromatic rings. The Hall–Kier alpha value is -2.34. The minimum Gasteiger partial charge on any atom is -0.490 e. The SMILES string of the molecule is CN(CCOc1ccccc1Cl)C(=O)[C@@H]1CCCN(c2ncccn2)C1. The van der Waals surface area contributed by atoms with Gasteiger partial charge in [-0.1, -0.05) is 23.7 Å². The van der Waals surface area contributed by atoms with Crippen LogP contribution in [0.3, 0.4) is 0 Å². The summed E-state index contributed by atoms with van der Waals surface area (Å²) in [5, 5.41) is 0.576. The summed E-state index contributed by atoms with van der Waals surface area (Å²) in [4.78, 5) is 25.2. The molecule has 0 radical (unpaired) electrons. The van der Waals surface area contributed by atoms with E-state index in [1.54, 1.807) is 29.4 Å². The van der Waals surface area contributed by atoms with Gasteiger partial charge in [-0.3, -0.25) is 4.79 Å². The van der Waals surface area contributed by atoms with E-state index in [4.69, 9.17) is 16.3 Å². The van der Waals surface area contributed by atoms with Crippen molar-refractivity contribution in [1.82, 2.24) is 14.9 Å². The first-order valence-electron chi connectivity index (χ1n) is 8.79. The fraction of sp³-hybridized carbons (Fsp3) is 0.421. The van der Waals surface area contributed by atoms with Crippen LogP contribution >= 0.6 is 11.6 Å². The molecule has 1 amide bonds. The van der Waals surface area contributed by atoms with Crippen LogP contribution in [-0.4, -0.2) is 54.1 Å². The van der Waals surface area contributed by atoms with E-state index in [9.17, 15) is 4.79 Å². The lowest BCUT2D eigenvalue weighted by Gasteiger charge is -2.33. The maximum absolute atomic E-state index is 12.8. The van der Waals surface area contributed by atoms with E-state index in [1.165, 1.54) is 0 Å². The molecule has 6 nitrogen and oxygen atoms in total. The lowest BCUT2D eigenvalue weighted by Crippen LogP contribution is -2.45. The number of aromatic nitrogens is 2. The highest BCUT2D eigenvalue weighted by molar-refractivity contribution is 6.32. The standard InChI is InChI=1S/C19H23ClN4O2/c1-23(12-13-26-17-8-3-2-7-16(17)20)18(25)15-6-4-11-24(14-15)19-21-9-5-10-22-19/h2-3,5,7-10,15H,4,6,11-14H2,1H3/t15-/m1/s1. The van der Waals surface area contributed by atoms with Crippen LogP contribution in [0.4, 0.5) is 5.95 Å². The summed E-state index contributed by atoms with van der Waals surface area (Å²) >= 11 is 6.08. The third-order valence-electron chi connectivity index (χ3n) is 4.50. The highest BCUT2D eigenvalue weighted by Crippen LogP contribution is 2.23. The zero-order chi connectivity index (χ0) is 18.4. The second-order valence-corrected chi connectivity index (χ2v) is 6.78. The quantitative estimate of drug-likeness (QED) is 0.778. The molecule has 1 atom stereocenters. The maximum Gasteiger partial charge on any atom is 0.227 e. The molecule has 1 aliphatic heterocycles. The molecule has 0 saturated carbocycles. The number of hydrogen-bond acceptors (Lipinski definition) is 5. The number of halogens is 1. The Labute approximate surface area is 158 Å². The maximum atomic E-state index is 12.8. The summed E-state index contributed by atoms with van der Waals surface area (Å²) < 4.78 is 5.68.